The summed E-state index contributed by atoms with van der Waals surface area (Å²) in [5, 5.41) is 6.48. The van der Waals surface area contributed by atoms with E-state index in [9.17, 15) is 14.9 Å². The molecule has 2 saturated heterocycles. The molecule has 6 atom stereocenters. The summed E-state index contributed by atoms with van der Waals surface area (Å²) in [4.78, 5) is 27.4. The van der Waals surface area contributed by atoms with Crippen LogP contribution in [0.3, 0.4) is 0 Å². The molecule has 200 valence electrons. The number of benzene rings is 1. The number of rotatable bonds is 10. The molecule has 3 aromatic rings. The number of nitrogens with zero attached hydrogens (tertiary/aromatic N) is 7. The van der Waals surface area contributed by atoms with Crippen LogP contribution in [0.2, 0.25) is 0 Å². The van der Waals surface area contributed by atoms with E-state index in [1.54, 1.807) is 34.9 Å². The second-order valence-electron chi connectivity index (χ2n) is 8.63. The van der Waals surface area contributed by atoms with E-state index < -0.39 is 43.7 Å². The molecule has 17 heteroatoms. The number of methoxy groups -OCH3 is 1. The van der Waals surface area contributed by atoms with E-state index >= 15 is 0 Å². The molecule has 2 fully saturated rings. The average Bonchev–Trinajstić information content (AvgIpc) is 3.58. The second-order valence-corrected chi connectivity index (χ2v) is 10.3. The van der Waals surface area contributed by atoms with Gasteiger partial charge in [-0.1, -0.05) is 23.3 Å². The first-order valence-electron chi connectivity index (χ1n) is 11.4. The Morgan fingerprint density at radius 3 is 2.92 bits per heavy atom. The molecule has 5 rings (SSSR count). The molecule has 1 aromatic carbocycles. The maximum Gasteiger partial charge on any atom is 0.459 e. The van der Waals surface area contributed by atoms with Gasteiger partial charge < -0.3 is 24.5 Å². The Balaban J connectivity index is 1.43. The van der Waals surface area contributed by atoms with Gasteiger partial charge in [0.05, 0.1) is 26.7 Å². The third-order valence-electron chi connectivity index (χ3n) is 6.20. The topological polar surface area (TPSA) is 211 Å². The van der Waals surface area contributed by atoms with E-state index in [-0.39, 0.29) is 24.8 Å². The molecule has 0 aliphatic carbocycles. The number of imidazole rings is 1. The summed E-state index contributed by atoms with van der Waals surface area (Å²) >= 11 is 0. The van der Waals surface area contributed by atoms with Crippen LogP contribution in [0.1, 0.15) is 13.2 Å². The summed E-state index contributed by atoms with van der Waals surface area (Å²) in [5.41, 5.74) is 14.6. The fourth-order valence-corrected chi connectivity index (χ4v) is 5.94. The molecule has 0 spiro atoms. The fraction of sp³-hybridized carbons (Fsp3) is 0.429. The number of nitrogens with two attached hydrogens (primary N) is 1. The van der Waals surface area contributed by atoms with Gasteiger partial charge in [-0.05, 0) is 24.6 Å². The fourth-order valence-electron chi connectivity index (χ4n) is 4.39. The van der Waals surface area contributed by atoms with Gasteiger partial charge in [0.2, 0.25) is 0 Å². The summed E-state index contributed by atoms with van der Waals surface area (Å²) in [6.07, 6.45) is 1.20. The zero-order valence-corrected chi connectivity index (χ0v) is 21.2. The molecule has 2 aromatic heterocycles. The predicted molar refractivity (Wildman–Crippen MR) is 131 cm³/mol. The van der Waals surface area contributed by atoms with Crippen LogP contribution in [0.4, 0.5) is 5.82 Å². The Morgan fingerprint density at radius 2 is 2.18 bits per heavy atom. The van der Waals surface area contributed by atoms with Gasteiger partial charge in [0.25, 0.3) is 0 Å². The smallest absolute Gasteiger partial charge is 0.459 e. The number of hydrogen-bond donors (Lipinski definition) is 2. The van der Waals surface area contributed by atoms with Crippen molar-refractivity contribution in [3.63, 3.8) is 0 Å². The van der Waals surface area contributed by atoms with Gasteiger partial charge in [0.15, 0.2) is 17.7 Å². The number of ether oxygens (including phenoxy) is 3. The number of carbonyl (C=O) groups excluding carboxylic acids is 1. The van der Waals surface area contributed by atoms with Crippen LogP contribution in [-0.2, 0) is 28.1 Å². The van der Waals surface area contributed by atoms with Crippen molar-refractivity contribution in [2.45, 2.75) is 36.9 Å². The van der Waals surface area contributed by atoms with Crippen molar-refractivity contribution in [2.24, 2.45) is 5.11 Å². The number of para-hydroxylation sites is 1. The number of aromatic nitrogens is 4. The van der Waals surface area contributed by atoms with E-state index in [0.29, 0.717) is 11.2 Å². The first-order chi connectivity index (χ1) is 18.3. The van der Waals surface area contributed by atoms with Crippen LogP contribution in [0.5, 0.6) is 5.75 Å². The van der Waals surface area contributed by atoms with Crippen molar-refractivity contribution in [1.82, 2.24) is 24.6 Å². The third kappa shape index (κ3) is 4.65. The molecule has 2 bridgehead atoms. The largest absolute Gasteiger partial charge is 0.468 e. The minimum absolute atomic E-state index is 0.0283. The van der Waals surface area contributed by atoms with Crippen LogP contribution >= 0.6 is 7.75 Å². The Hall–Kier alpha value is -3.78. The van der Waals surface area contributed by atoms with Gasteiger partial charge in [-0.15, -0.1) is 0 Å². The number of fused-ring (bicyclic) bond motifs is 3. The van der Waals surface area contributed by atoms with Crippen LogP contribution in [0, 0.1) is 0 Å². The summed E-state index contributed by atoms with van der Waals surface area (Å²) < 4.78 is 43.9. The highest BCUT2D eigenvalue weighted by Gasteiger charge is 2.63. The average molecular weight is 545 g/mol. The minimum atomic E-state index is -4.20. The minimum Gasteiger partial charge on any atom is -0.468 e. The number of anilines is 1. The summed E-state index contributed by atoms with van der Waals surface area (Å²) in [6, 6.07) is 6.39. The van der Waals surface area contributed by atoms with E-state index in [2.05, 4.69) is 30.1 Å². The van der Waals surface area contributed by atoms with Crippen LogP contribution in [-0.4, -0.2) is 69.6 Å². The summed E-state index contributed by atoms with van der Waals surface area (Å²) in [5.74, 6) is -0.255. The summed E-state index contributed by atoms with van der Waals surface area (Å²) in [7, 11) is -3.00. The summed E-state index contributed by atoms with van der Waals surface area (Å²) in [6.45, 7) is 1.05. The predicted octanol–water partition coefficient (Wildman–Crippen LogP) is 2.11. The second kappa shape index (κ2) is 10.2. The molecule has 0 amide bonds. The Morgan fingerprint density at radius 1 is 1.39 bits per heavy atom. The van der Waals surface area contributed by atoms with Crippen molar-refractivity contribution in [3.8, 4) is 5.75 Å². The Kier molecular flexibility index (Phi) is 6.92. The number of nitrogens with one attached hydrogen (secondary N) is 1. The highest BCUT2D eigenvalue weighted by molar-refractivity contribution is 7.52. The molecule has 0 radical (unpaired) electrons. The lowest BCUT2D eigenvalue weighted by Crippen LogP contribution is -2.45. The standard InChI is InChI=1S/C21H24N9O7P/c1-12(20(31)33-2)28-38(32,37-13-6-4-3-5-7-13)35-9-21-8-34-15(16(21)27-29-23)19(36-21)30-11-26-14-17(22)24-10-25-18(14)30/h3-7,10-12,15-16,19H,8-9H2,1-2H3,(H,28,32)(H2,22,24,25)/t12?,15-,16+,19-,21?,38?/m1/s1. The number of nitrogen functional groups attached to an aromatic ring is 1. The van der Waals surface area contributed by atoms with Crippen molar-refractivity contribution in [3.05, 3.63) is 53.4 Å². The van der Waals surface area contributed by atoms with E-state index in [0.717, 1.165) is 0 Å². The lowest BCUT2D eigenvalue weighted by Gasteiger charge is -2.32. The third-order valence-corrected chi connectivity index (χ3v) is 7.82. The van der Waals surface area contributed by atoms with Gasteiger partial charge in [-0.2, -0.15) is 5.09 Å². The molecular formula is C21H24N9O7P. The molecule has 16 nitrogen and oxygen atoms in total. The highest BCUT2D eigenvalue weighted by Crippen LogP contribution is 2.51. The molecule has 3 unspecified atom stereocenters. The lowest BCUT2D eigenvalue weighted by molar-refractivity contribution is -0.180. The van der Waals surface area contributed by atoms with E-state index in [4.69, 9.17) is 29.0 Å². The Labute approximate surface area is 215 Å². The van der Waals surface area contributed by atoms with E-state index in [1.807, 2.05) is 0 Å². The SMILES string of the molecule is COC(=O)C(C)NP(=O)(OCC12CO[C@@H]([C@H](n3cnc4c(N)ncnc43)O1)[C@@H]2N=[N+]=[N-])Oc1ccccc1. The van der Waals surface area contributed by atoms with Gasteiger partial charge in [0.1, 0.15) is 41.4 Å². The molecule has 38 heavy (non-hydrogen) atoms. The van der Waals surface area contributed by atoms with Gasteiger partial charge >= 0.3 is 13.7 Å². The highest BCUT2D eigenvalue weighted by atomic mass is 31.2. The first kappa shape index (κ1) is 25.9. The van der Waals surface area contributed by atoms with Crippen LogP contribution in [0.15, 0.2) is 48.1 Å². The van der Waals surface area contributed by atoms with Gasteiger partial charge in [-0.3, -0.25) is 13.9 Å². The molecule has 4 heterocycles. The molecule has 2 aliphatic rings. The lowest BCUT2D eigenvalue weighted by atomic mass is 9.98. The number of esters is 1. The molecule has 0 saturated carbocycles. The quantitative estimate of drug-likeness (QED) is 0.123. The maximum absolute atomic E-state index is 13.8. The van der Waals surface area contributed by atoms with Crippen molar-refractivity contribution in [2.75, 3.05) is 26.1 Å². The van der Waals surface area contributed by atoms with Crippen LogP contribution < -0.4 is 15.3 Å². The van der Waals surface area contributed by atoms with Crippen molar-refractivity contribution in [1.29, 1.82) is 0 Å². The first-order valence-corrected chi connectivity index (χ1v) is 12.9. The van der Waals surface area contributed by atoms with Crippen LogP contribution in [0.25, 0.3) is 21.6 Å². The molecular weight excluding hydrogens is 521 g/mol. The van der Waals surface area contributed by atoms with Crippen molar-refractivity contribution < 1.29 is 32.6 Å². The monoisotopic (exact) mass is 545 g/mol. The van der Waals surface area contributed by atoms with Crippen molar-refractivity contribution >= 4 is 30.7 Å². The maximum atomic E-state index is 13.8. The van der Waals surface area contributed by atoms with Gasteiger partial charge in [0, 0.05) is 4.91 Å². The molecule has 2 aliphatic heterocycles. The van der Waals surface area contributed by atoms with Gasteiger partial charge in [-0.25, -0.2) is 19.5 Å². The van der Waals surface area contributed by atoms with E-state index in [1.165, 1.54) is 26.7 Å². The number of azide groups is 1. The normalized spacial score (nSPS) is 26.4. The zero-order valence-electron chi connectivity index (χ0n) is 20.3. The molecule has 3 N–H and O–H groups in total. The number of carbonyl (C=O) groups is 1. The zero-order chi connectivity index (χ0) is 26.9. The number of hydrogen-bond acceptors (Lipinski definition) is 12. The Bertz CT molecular complexity index is 1430.